The van der Waals surface area contributed by atoms with Crippen LogP contribution in [0.5, 0.6) is 17.2 Å². The number of aliphatic hydroxyl groups excluding tert-OH is 1. The molecule has 0 aromatic heterocycles. The fraction of sp³-hybridized carbons (Fsp3) is 0.297. The van der Waals surface area contributed by atoms with Gasteiger partial charge < -0.3 is 34.9 Å². The number of aliphatic hydroxyl groups is 1. The SMILES string of the molecule is C[C@H]1CN([C@@H](C)CO)C(=O)c2cccc(NC(=O)Nc3ccc4c(c3)OCO4)c2O[C@H]1CN(C)Cc1ccc(-c2ccccc2)cc1. The van der Waals surface area contributed by atoms with E-state index in [1.807, 2.05) is 39.1 Å². The molecular weight excluding hydrogens is 596 g/mol. The monoisotopic (exact) mass is 636 g/mol. The maximum absolute atomic E-state index is 13.8. The number of nitrogens with zero attached hydrogens (tertiary/aromatic N) is 2. The highest BCUT2D eigenvalue weighted by Crippen LogP contribution is 2.36. The van der Waals surface area contributed by atoms with E-state index in [9.17, 15) is 14.7 Å². The van der Waals surface area contributed by atoms with E-state index in [1.54, 1.807) is 41.3 Å². The van der Waals surface area contributed by atoms with Gasteiger partial charge in [-0.2, -0.15) is 0 Å². The molecule has 0 aliphatic carbocycles. The summed E-state index contributed by atoms with van der Waals surface area (Å²) < 4.78 is 17.5. The zero-order valence-corrected chi connectivity index (χ0v) is 26.8. The van der Waals surface area contributed by atoms with Crippen LogP contribution in [0.3, 0.4) is 0 Å². The second-order valence-electron chi connectivity index (χ2n) is 12.2. The van der Waals surface area contributed by atoms with Crippen molar-refractivity contribution in [2.75, 3.05) is 44.2 Å². The summed E-state index contributed by atoms with van der Waals surface area (Å²) in [5.41, 5.74) is 4.71. The molecule has 0 bridgehead atoms. The zero-order valence-electron chi connectivity index (χ0n) is 26.8. The van der Waals surface area contributed by atoms with Gasteiger partial charge in [-0.1, -0.05) is 67.6 Å². The number of para-hydroxylation sites is 1. The van der Waals surface area contributed by atoms with Crippen molar-refractivity contribution in [1.82, 2.24) is 9.80 Å². The van der Waals surface area contributed by atoms with Crippen molar-refractivity contribution in [2.45, 2.75) is 32.5 Å². The Morgan fingerprint density at radius 2 is 1.70 bits per heavy atom. The average Bonchev–Trinajstić information content (AvgIpc) is 3.55. The second kappa shape index (κ2) is 14.1. The first-order valence-electron chi connectivity index (χ1n) is 15.8. The first-order chi connectivity index (χ1) is 22.8. The van der Waals surface area contributed by atoms with Crippen LogP contribution in [0.4, 0.5) is 16.2 Å². The van der Waals surface area contributed by atoms with E-state index >= 15 is 0 Å². The van der Waals surface area contributed by atoms with Crippen LogP contribution >= 0.6 is 0 Å². The highest BCUT2D eigenvalue weighted by Gasteiger charge is 2.34. The molecule has 244 valence electrons. The van der Waals surface area contributed by atoms with Crippen LogP contribution < -0.4 is 24.8 Å². The molecule has 2 aliphatic heterocycles. The molecule has 0 saturated carbocycles. The van der Waals surface area contributed by atoms with Gasteiger partial charge in [0.25, 0.3) is 5.91 Å². The van der Waals surface area contributed by atoms with Crippen molar-refractivity contribution in [2.24, 2.45) is 5.92 Å². The molecule has 10 heteroatoms. The predicted molar refractivity (Wildman–Crippen MR) is 181 cm³/mol. The minimum atomic E-state index is -0.503. The molecule has 0 spiro atoms. The molecule has 0 saturated heterocycles. The van der Waals surface area contributed by atoms with E-state index in [1.165, 1.54) is 11.1 Å². The van der Waals surface area contributed by atoms with E-state index < -0.39 is 12.1 Å². The Hall–Kier alpha value is -5.06. The molecule has 4 aromatic carbocycles. The van der Waals surface area contributed by atoms with E-state index in [0.717, 1.165) is 5.56 Å². The minimum absolute atomic E-state index is 0.0838. The number of amides is 3. The molecule has 6 rings (SSSR count). The van der Waals surface area contributed by atoms with Gasteiger partial charge in [-0.25, -0.2) is 4.79 Å². The molecule has 3 N–H and O–H groups in total. The number of nitrogens with one attached hydrogen (secondary N) is 2. The Kier molecular flexibility index (Phi) is 9.60. The Balaban J connectivity index is 1.22. The van der Waals surface area contributed by atoms with Crippen molar-refractivity contribution in [1.29, 1.82) is 0 Å². The Bertz CT molecular complexity index is 1710. The maximum atomic E-state index is 13.8. The summed E-state index contributed by atoms with van der Waals surface area (Å²) in [5.74, 6) is 1.11. The molecule has 0 unspecified atom stereocenters. The number of likely N-dealkylation sites (N-methyl/N-ethyl adjacent to an activating group) is 1. The summed E-state index contributed by atoms with van der Waals surface area (Å²) in [7, 11) is 2.04. The van der Waals surface area contributed by atoms with Crippen LogP contribution in [0.25, 0.3) is 11.1 Å². The van der Waals surface area contributed by atoms with Crippen LogP contribution in [0.15, 0.2) is 91.0 Å². The van der Waals surface area contributed by atoms with E-state index in [4.69, 9.17) is 14.2 Å². The van der Waals surface area contributed by atoms with Crippen LogP contribution in [0.1, 0.15) is 29.8 Å². The number of benzene rings is 4. The second-order valence-corrected chi connectivity index (χ2v) is 12.2. The molecule has 2 aliphatic rings. The lowest BCUT2D eigenvalue weighted by molar-refractivity contribution is 0.0343. The largest absolute Gasteiger partial charge is 0.486 e. The molecule has 4 aromatic rings. The third-order valence-corrected chi connectivity index (χ3v) is 8.57. The quantitative estimate of drug-likeness (QED) is 0.204. The molecule has 3 atom stereocenters. The van der Waals surface area contributed by atoms with E-state index in [2.05, 4.69) is 51.9 Å². The maximum Gasteiger partial charge on any atom is 0.323 e. The fourth-order valence-corrected chi connectivity index (χ4v) is 5.94. The molecule has 2 heterocycles. The highest BCUT2D eigenvalue weighted by atomic mass is 16.7. The Morgan fingerprint density at radius 3 is 2.47 bits per heavy atom. The van der Waals surface area contributed by atoms with E-state index in [0.29, 0.717) is 53.8 Å². The molecule has 0 fully saturated rings. The van der Waals surface area contributed by atoms with Gasteiger partial charge in [0.05, 0.1) is 23.9 Å². The van der Waals surface area contributed by atoms with Gasteiger partial charge >= 0.3 is 6.03 Å². The van der Waals surface area contributed by atoms with Crippen LogP contribution in [-0.4, -0.2) is 72.5 Å². The Labute approximate surface area is 274 Å². The summed E-state index contributed by atoms with van der Waals surface area (Å²) in [6, 6.07) is 28.2. The van der Waals surface area contributed by atoms with Crippen LogP contribution in [0.2, 0.25) is 0 Å². The third kappa shape index (κ3) is 7.34. The average molecular weight is 637 g/mol. The molecule has 0 radical (unpaired) electrons. The third-order valence-electron chi connectivity index (χ3n) is 8.57. The lowest BCUT2D eigenvalue weighted by Crippen LogP contribution is -2.49. The number of ether oxygens (including phenoxy) is 3. The number of urea groups is 1. The first kappa shape index (κ1) is 31.9. The summed E-state index contributed by atoms with van der Waals surface area (Å²) in [6.07, 6.45) is -0.330. The van der Waals surface area contributed by atoms with Crippen molar-refractivity contribution >= 4 is 23.3 Å². The highest BCUT2D eigenvalue weighted by molar-refractivity contribution is 6.04. The lowest BCUT2D eigenvalue weighted by Gasteiger charge is -2.38. The van der Waals surface area contributed by atoms with Gasteiger partial charge in [-0.3, -0.25) is 9.69 Å². The van der Waals surface area contributed by atoms with Crippen LogP contribution in [0, 0.1) is 5.92 Å². The predicted octanol–water partition coefficient (Wildman–Crippen LogP) is 6.08. The van der Waals surface area contributed by atoms with Gasteiger partial charge in [0, 0.05) is 37.3 Å². The van der Waals surface area contributed by atoms with Crippen molar-refractivity contribution in [3.63, 3.8) is 0 Å². The minimum Gasteiger partial charge on any atom is -0.486 e. The zero-order chi connectivity index (χ0) is 32.9. The summed E-state index contributed by atoms with van der Waals surface area (Å²) in [4.78, 5) is 30.9. The molecule has 47 heavy (non-hydrogen) atoms. The number of anilines is 2. The number of fused-ring (bicyclic) bond motifs is 2. The number of rotatable bonds is 9. The van der Waals surface area contributed by atoms with Gasteiger partial charge in [0.15, 0.2) is 17.2 Å². The smallest absolute Gasteiger partial charge is 0.323 e. The lowest BCUT2D eigenvalue weighted by atomic mass is 9.98. The fourth-order valence-electron chi connectivity index (χ4n) is 5.94. The number of carbonyl (C=O) groups is 2. The number of hydrogen-bond donors (Lipinski definition) is 3. The topological polar surface area (TPSA) is 113 Å². The molecular formula is C37H40N4O6. The summed E-state index contributed by atoms with van der Waals surface area (Å²) >= 11 is 0. The summed E-state index contributed by atoms with van der Waals surface area (Å²) in [6.45, 7) is 5.50. The molecule has 3 amide bonds. The van der Waals surface area contributed by atoms with Crippen molar-refractivity contribution in [3.05, 3.63) is 102 Å². The molecule has 10 nitrogen and oxygen atoms in total. The Morgan fingerprint density at radius 1 is 0.957 bits per heavy atom. The summed E-state index contributed by atoms with van der Waals surface area (Å²) in [5, 5.41) is 15.7. The van der Waals surface area contributed by atoms with Crippen molar-refractivity contribution < 1.29 is 28.9 Å². The van der Waals surface area contributed by atoms with Gasteiger partial charge in [0.2, 0.25) is 6.79 Å². The van der Waals surface area contributed by atoms with Gasteiger partial charge in [0.1, 0.15) is 6.10 Å². The van der Waals surface area contributed by atoms with Gasteiger partial charge in [-0.15, -0.1) is 0 Å². The van der Waals surface area contributed by atoms with Crippen LogP contribution in [-0.2, 0) is 6.54 Å². The number of hydrogen-bond acceptors (Lipinski definition) is 7. The number of carbonyl (C=O) groups excluding carboxylic acids is 2. The normalized spacial score (nSPS) is 17.7. The first-order valence-corrected chi connectivity index (χ1v) is 15.8. The van der Waals surface area contributed by atoms with E-state index in [-0.39, 0.29) is 31.3 Å². The van der Waals surface area contributed by atoms with Gasteiger partial charge in [-0.05, 0) is 54.9 Å². The van der Waals surface area contributed by atoms with Crippen molar-refractivity contribution in [3.8, 4) is 28.4 Å². The standard InChI is InChI=1S/C37H40N4O6/c1-24-19-41(25(2)22-42)36(43)30-10-7-11-31(39-37(44)38-29-16-17-32-33(18-29)46-23-45-32)35(30)47-34(24)21-40(3)20-26-12-14-28(15-13-26)27-8-5-4-6-9-27/h4-18,24-25,34,42H,19-23H2,1-3H3,(H2,38,39,44)/t24-,25-,34-/m0/s1.